The quantitative estimate of drug-likeness (QED) is 0.436. The van der Waals surface area contributed by atoms with Gasteiger partial charge in [0.25, 0.3) is 5.91 Å². The highest BCUT2D eigenvalue weighted by Crippen LogP contribution is 2.30. The van der Waals surface area contributed by atoms with E-state index >= 15 is 0 Å². The fourth-order valence-electron chi connectivity index (χ4n) is 4.36. The zero-order valence-corrected chi connectivity index (χ0v) is 18.1. The maximum atomic E-state index is 13.2. The lowest BCUT2D eigenvalue weighted by Gasteiger charge is -2.39. The van der Waals surface area contributed by atoms with Crippen molar-refractivity contribution in [3.05, 3.63) is 114 Å². The van der Waals surface area contributed by atoms with E-state index in [4.69, 9.17) is 4.52 Å². The van der Waals surface area contributed by atoms with Gasteiger partial charge in [0, 0.05) is 37.8 Å². The van der Waals surface area contributed by atoms with Gasteiger partial charge in [-0.2, -0.15) is 0 Å². The molecule has 0 saturated carbocycles. The number of hydrogen-bond acceptors (Lipinski definition) is 4. The van der Waals surface area contributed by atoms with E-state index in [9.17, 15) is 9.18 Å². The van der Waals surface area contributed by atoms with E-state index in [1.54, 1.807) is 18.2 Å². The molecule has 1 amide bonds. The van der Waals surface area contributed by atoms with E-state index in [0.717, 1.165) is 13.1 Å². The molecule has 3 aromatic carbocycles. The minimum Gasteiger partial charge on any atom is -0.355 e. The molecule has 0 atom stereocenters. The van der Waals surface area contributed by atoms with Gasteiger partial charge in [0.1, 0.15) is 5.82 Å². The molecule has 1 fully saturated rings. The van der Waals surface area contributed by atoms with Crippen LogP contribution < -0.4 is 0 Å². The molecule has 0 spiro atoms. The molecule has 0 N–H and O–H groups in total. The molecule has 5 nitrogen and oxygen atoms in total. The van der Waals surface area contributed by atoms with E-state index in [2.05, 4.69) is 58.6 Å². The molecule has 166 valence electrons. The Morgan fingerprint density at radius 3 is 1.97 bits per heavy atom. The van der Waals surface area contributed by atoms with E-state index in [1.165, 1.54) is 23.3 Å². The molecule has 1 aromatic heterocycles. The molecule has 1 saturated heterocycles. The van der Waals surface area contributed by atoms with Crippen LogP contribution in [0.5, 0.6) is 0 Å². The van der Waals surface area contributed by atoms with Crippen molar-refractivity contribution < 1.29 is 13.7 Å². The van der Waals surface area contributed by atoms with Crippen molar-refractivity contribution in [2.45, 2.75) is 6.04 Å². The third-order valence-corrected chi connectivity index (χ3v) is 6.06. The molecular weight excluding hydrogens is 417 g/mol. The number of carbonyl (C=O) groups excluding carboxylic acids is 1. The fourth-order valence-corrected chi connectivity index (χ4v) is 4.36. The minimum atomic E-state index is -0.322. The summed E-state index contributed by atoms with van der Waals surface area (Å²) in [6.07, 6.45) is 0. The first-order valence-electron chi connectivity index (χ1n) is 11.0. The second kappa shape index (κ2) is 9.38. The van der Waals surface area contributed by atoms with E-state index < -0.39 is 0 Å². The molecule has 33 heavy (non-hydrogen) atoms. The molecule has 0 bridgehead atoms. The van der Waals surface area contributed by atoms with Crippen LogP contribution in [0.4, 0.5) is 4.39 Å². The summed E-state index contributed by atoms with van der Waals surface area (Å²) in [5.41, 5.74) is 3.43. The highest BCUT2D eigenvalue weighted by molar-refractivity contribution is 5.93. The van der Waals surface area contributed by atoms with Crippen molar-refractivity contribution in [3.8, 4) is 11.3 Å². The maximum Gasteiger partial charge on any atom is 0.276 e. The number of aromatic nitrogens is 1. The number of nitrogens with zero attached hydrogens (tertiary/aromatic N) is 3. The number of amides is 1. The number of hydrogen-bond donors (Lipinski definition) is 0. The SMILES string of the molecule is O=C(c1cc(-c2ccc(F)cc2)on1)N1CCN(C(c2ccccc2)c2ccccc2)CC1. The lowest BCUT2D eigenvalue weighted by Crippen LogP contribution is -2.50. The zero-order valence-electron chi connectivity index (χ0n) is 18.1. The van der Waals surface area contributed by atoms with Crippen LogP contribution in [0.2, 0.25) is 0 Å². The molecule has 1 aliphatic heterocycles. The largest absolute Gasteiger partial charge is 0.355 e. The fraction of sp³-hybridized carbons (Fsp3) is 0.185. The minimum absolute atomic E-state index is 0.141. The van der Waals surface area contributed by atoms with Crippen molar-refractivity contribution in [3.63, 3.8) is 0 Å². The van der Waals surface area contributed by atoms with Crippen molar-refractivity contribution in [1.29, 1.82) is 0 Å². The first kappa shape index (κ1) is 21.1. The normalized spacial score (nSPS) is 14.5. The monoisotopic (exact) mass is 441 g/mol. The molecule has 4 aromatic rings. The smallest absolute Gasteiger partial charge is 0.276 e. The molecule has 1 aliphatic rings. The summed E-state index contributed by atoms with van der Waals surface area (Å²) in [7, 11) is 0. The highest BCUT2D eigenvalue weighted by atomic mass is 19.1. The highest BCUT2D eigenvalue weighted by Gasteiger charge is 2.29. The molecule has 5 rings (SSSR count). The number of halogens is 1. The Kier molecular flexibility index (Phi) is 6.00. The lowest BCUT2D eigenvalue weighted by molar-refractivity contribution is 0.0588. The Bertz CT molecular complexity index is 1160. The second-order valence-corrected chi connectivity index (χ2v) is 8.14. The summed E-state index contributed by atoms with van der Waals surface area (Å²) in [4.78, 5) is 17.3. The molecule has 0 aliphatic carbocycles. The van der Waals surface area contributed by atoms with E-state index in [0.29, 0.717) is 24.4 Å². The van der Waals surface area contributed by atoms with Crippen molar-refractivity contribution in [1.82, 2.24) is 15.0 Å². The standard InChI is InChI=1S/C27H24FN3O2/c28-23-13-11-20(12-14-23)25-19-24(29-33-25)27(32)31-17-15-30(16-18-31)26(21-7-3-1-4-8-21)22-9-5-2-6-10-22/h1-14,19,26H,15-18H2. The number of benzene rings is 3. The third-order valence-electron chi connectivity index (χ3n) is 6.06. The Labute approximate surface area is 192 Å². The van der Waals surface area contributed by atoms with Crippen LogP contribution in [0.3, 0.4) is 0 Å². The van der Waals surface area contributed by atoms with E-state index in [1.807, 2.05) is 17.0 Å². The van der Waals surface area contributed by atoms with Crippen LogP contribution in [-0.2, 0) is 0 Å². The Morgan fingerprint density at radius 2 is 1.39 bits per heavy atom. The van der Waals surface area contributed by atoms with Crippen LogP contribution in [0.25, 0.3) is 11.3 Å². The molecular formula is C27H24FN3O2. The van der Waals surface area contributed by atoms with Gasteiger partial charge in [-0.3, -0.25) is 9.69 Å². The summed E-state index contributed by atoms with van der Waals surface area (Å²) < 4.78 is 18.5. The summed E-state index contributed by atoms with van der Waals surface area (Å²) in [5, 5.41) is 3.97. The van der Waals surface area contributed by atoms with Gasteiger partial charge >= 0.3 is 0 Å². The van der Waals surface area contributed by atoms with Gasteiger partial charge in [-0.15, -0.1) is 0 Å². The average Bonchev–Trinajstić information content (AvgIpc) is 3.36. The van der Waals surface area contributed by atoms with Gasteiger partial charge in [0.2, 0.25) is 0 Å². The van der Waals surface area contributed by atoms with Crippen LogP contribution >= 0.6 is 0 Å². The molecule has 0 unspecified atom stereocenters. The van der Waals surface area contributed by atoms with Crippen LogP contribution in [0.15, 0.2) is 95.5 Å². The lowest BCUT2D eigenvalue weighted by atomic mass is 9.96. The topological polar surface area (TPSA) is 49.6 Å². The van der Waals surface area contributed by atoms with Crippen molar-refractivity contribution >= 4 is 5.91 Å². The van der Waals surface area contributed by atoms with Crippen LogP contribution in [0.1, 0.15) is 27.7 Å². The first-order chi connectivity index (χ1) is 16.2. The predicted octanol–water partition coefficient (Wildman–Crippen LogP) is 5.03. The summed E-state index contributed by atoms with van der Waals surface area (Å²) >= 11 is 0. The molecule has 2 heterocycles. The third kappa shape index (κ3) is 4.56. The number of piperazine rings is 1. The van der Waals surface area contributed by atoms with Crippen LogP contribution in [-0.4, -0.2) is 47.0 Å². The Hall–Kier alpha value is -3.77. The predicted molar refractivity (Wildman–Crippen MR) is 124 cm³/mol. The summed E-state index contributed by atoms with van der Waals surface area (Å²) in [6.45, 7) is 2.72. The van der Waals surface area contributed by atoms with Gasteiger partial charge < -0.3 is 9.42 Å². The first-order valence-corrected chi connectivity index (χ1v) is 11.0. The van der Waals surface area contributed by atoms with Crippen molar-refractivity contribution in [2.75, 3.05) is 26.2 Å². The molecule has 6 heteroatoms. The van der Waals surface area contributed by atoms with Crippen LogP contribution in [0, 0.1) is 5.82 Å². The Morgan fingerprint density at radius 1 is 0.818 bits per heavy atom. The zero-order chi connectivity index (χ0) is 22.6. The van der Waals surface area contributed by atoms with Gasteiger partial charge in [0.05, 0.1) is 6.04 Å². The Balaban J connectivity index is 1.29. The van der Waals surface area contributed by atoms with Gasteiger partial charge in [-0.05, 0) is 35.4 Å². The van der Waals surface area contributed by atoms with E-state index in [-0.39, 0.29) is 23.5 Å². The maximum absolute atomic E-state index is 13.2. The summed E-state index contributed by atoms with van der Waals surface area (Å²) in [6, 6.07) is 28.6. The molecule has 0 radical (unpaired) electrons. The van der Waals surface area contributed by atoms with Crippen molar-refractivity contribution in [2.24, 2.45) is 0 Å². The van der Waals surface area contributed by atoms with Gasteiger partial charge in [-0.1, -0.05) is 65.8 Å². The average molecular weight is 442 g/mol. The number of rotatable bonds is 5. The summed E-state index contributed by atoms with van der Waals surface area (Å²) in [5.74, 6) is -0.0234. The number of carbonyl (C=O) groups is 1. The van der Waals surface area contributed by atoms with Gasteiger partial charge in [0.15, 0.2) is 11.5 Å². The van der Waals surface area contributed by atoms with Gasteiger partial charge in [-0.25, -0.2) is 4.39 Å². The second-order valence-electron chi connectivity index (χ2n) is 8.14.